The molecule has 2 rings (SSSR count). The van der Waals surface area contributed by atoms with Crippen LogP contribution in [0.5, 0.6) is 5.75 Å². The second-order valence-corrected chi connectivity index (χ2v) is 6.47. The lowest BCUT2D eigenvalue weighted by atomic mass is 10.2. The molecular formula is C17H22N2O3S. The van der Waals surface area contributed by atoms with Gasteiger partial charge in [0.1, 0.15) is 23.3 Å². The van der Waals surface area contributed by atoms with Crippen LogP contribution in [0.2, 0.25) is 0 Å². The third kappa shape index (κ3) is 5.65. The molecule has 2 N–H and O–H groups in total. The highest BCUT2D eigenvalue weighted by Crippen LogP contribution is 2.14. The van der Waals surface area contributed by atoms with Crippen molar-refractivity contribution in [3.63, 3.8) is 0 Å². The molecule has 1 aromatic heterocycles. The van der Waals surface area contributed by atoms with E-state index in [9.17, 15) is 9.90 Å². The van der Waals surface area contributed by atoms with Crippen molar-refractivity contribution < 1.29 is 14.6 Å². The number of hydrogen-bond donors (Lipinski definition) is 2. The minimum absolute atomic E-state index is 0.132. The predicted molar refractivity (Wildman–Crippen MR) is 91.1 cm³/mol. The largest absolute Gasteiger partial charge is 0.491 e. The molecule has 1 unspecified atom stereocenters. The summed E-state index contributed by atoms with van der Waals surface area (Å²) < 4.78 is 5.51. The molecule has 2 aromatic rings. The number of carbonyl (C=O) groups excluding carboxylic acids is 1. The molecule has 1 atom stereocenters. The number of nitrogens with zero attached hydrogens (tertiary/aromatic N) is 1. The first kappa shape index (κ1) is 17.4. The summed E-state index contributed by atoms with van der Waals surface area (Å²) in [6.07, 6.45) is 2.71. The minimum Gasteiger partial charge on any atom is -0.491 e. The number of aliphatic hydroxyl groups excluding tert-OH is 1. The molecule has 0 spiro atoms. The summed E-state index contributed by atoms with van der Waals surface area (Å²) in [5.74, 6) is 0.501. The zero-order valence-corrected chi connectivity index (χ0v) is 14.2. The Morgan fingerprint density at radius 2 is 2.30 bits per heavy atom. The molecule has 124 valence electrons. The Hall–Kier alpha value is -1.92. The van der Waals surface area contributed by atoms with Crippen molar-refractivity contribution in [3.05, 3.63) is 45.9 Å². The number of ether oxygens (including phenoxy) is 1. The number of carbonyl (C=O) groups is 1. The van der Waals surface area contributed by atoms with E-state index in [0.717, 1.165) is 23.4 Å². The number of hydrogen-bond acceptors (Lipinski definition) is 5. The molecule has 0 aliphatic heterocycles. The van der Waals surface area contributed by atoms with Gasteiger partial charge in [0.2, 0.25) is 0 Å². The van der Waals surface area contributed by atoms with Crippen molar-refractivity contribution >= 4 is 17.2 Å². The first-order valence-corrected chi connectivity index (χ1v) is 8.50. The molecule has 1 heterocycles. The fraction of sp³-hybridized carbons (Fsp3) is 0.412. The van der Waals surface area contributed by atoms with Crippen molar-refractivity contribution in [2.24, 2.45) is 0 Å². The molecule has 0 radical (unpaired) electrons. The normalized spacial score (nSPS) is 12.0. The van der Waals surface area contributed by atoms with E-state index in [1.165, 1.54) is 11.3 Å². The highest BCUT2D eigenvalue weighted by Gasteiger charge is 2.12. The number of aromatic nitrogens is 1. The summed E-state index contributed by atoms with van der Waals surface area (Å²) in [4.78, 5) is 16.8. The van der Waals surface area contributed by atoms with E-state index in [4.69, 9.17) is 4.74 Å². The van der Waals surface area contributed by atoms with Gasteiger partial charge in [-0.3, -0.25) is 4.79 Å². The number of nitrogens with one attached hydrogen (secondary N) is 1. The summed E-state index contributed by atoms with van der Waals surface area (Å²) >= 11 is 1.39. The Morgan fingerprint density at radius 1 is 1.48 bits per heavy atom. The molecular weight excluding hydrogens is 312 g/mol. The third-order valence-corrected chi connectivity index (χ3v) is 4.23. The number of amides is 1. The molecule has 23 heavy (non-hydrogen) atoms. The maximum absolute atomic E-state index is 12.0. The molecule has 0 saturated carbocycles. The van der Waals surface area contributed by atoms with Gasteiger partial charge < -0.3 is 15.2 Å². The number of thiazole rings is 1. The molecule has 0 aliphatic carbocycles. The second-order valence-electron chi connectivity index (χ2n) is 5.36. The minimum atomic E-state index is -0.762. The van der Waals surface area contributed by atoms with Crippen LogP contribution < -0.4 is 10.1 Å². The first-order valence-electron chi connectivity index (χ1n) is 7.69. The van der Waals surface area contributed by atoms with Gasteiger partial charge in [-0.25, -0.2) is 4.98 Å². The Morgan fingerprint density at radius 3 is 3.04 bits per heavy atom. The Balaban J connectivity index is 1.74. The molecule has 0 aliphatic rings. The van der Waals surface area contributed by atoms with Crippen LogP contribution >= 0.6 is 11.3 Å². The Bertz CT molecular complexity index is 642. The molecule has 1 aromatic carbocycles. The van der Waals surface area contributed by atoms with Gasteiger partial charge >= 0.3 is 0 Å². The van der Waals surface area contributed by atoms with Crippen molar-refractivity contribution in [1.82, 2.24) is 10.3 Å². The zero-order valence-electron chi connectivity index (χ0n) is 13.4. The predicted octanol–water partition coefficient (Wildman–Crippen LogP) is 2.57. The standard InChI is InChI=1S/C17H22N2O3S/c1-3-5-16-18-10-15(23-16)17(21)19-9-13(20)11-22-14-7-4-6-12(2)8-14/h4,6-8,10,13,20H,3,5,9,11H2,1-2H3,(H,19,21). The van der Waals surface area contributed by atoms with Crippen LogP contribution in [0.25, 0.3) is 0 Å². The fourth-order valence-electron chi connectivity index (χ4n) is 2.00. The summed E-state index contributed by atoms with van der Waals surface area (Å²) in [6, 6.07) is 7.62. The summed E-state index contributed by atoms with van der Waals surface area (Å²) in [7, 11) is 0. The van der Waals surface area contributed by atoms with Gasteiger partial charge in [-0.15, -0.1) is 11.3 Å². The van der Waals surface area contributed by atoms with E-state index in [2.05, 4.69) is 17.2 Å². The van der Waals surface area contributed by atoms with Gasteiger partial charge in [0.05, 0.1) is 11.2 Å². The number of rotatable bonds is 8. The van der Waals surface area contributed by atoms with E-state index in [-0.39, 0.29) is 19.1 Å². The van der Waals surface area contributed by atoms with Gasteiger partial charge in [-0.2, -0.15) is 0 Å². The van der Waals surface area contributed by atoms with Crippen LogP contribution in [0, 0.1) is 6.92 Å². The summed E-state index contributed by atoms with van der Waals surface area (Å²) in [5.41, 5.74) is 1.10. The maximum atomic E-state index is 12.0. The molecule has 0 saturated heterocycles. The van der Waals surface area contributed by atoms with Gasteiger partial charge in [0, 0.05) is 6.54 Å². The van der Waals surface area contributed by atoms with Gasteiger partial charge in [-0.05, 0) is 37.5 Å². The van der Waals surface area contributed by atoms with Crippen molar-refractivity contribution in [1.29, 1.82) is 0 Å². The molecule has 6 heteroatoms. The van der Waals surface area contributed by atoms with E-state index < -0.39 is 6.10 Å². The van der Waals surface area contributed by atoms with Crippen LogP contribution in [0.1, 0.15) is 33.6 Å². The topological polar surface area (TPSA) is 71.5 Å². The van der Waals surface area contributed by atoms with Crippen molar-refractivity contribution in [2.75, 3.05) is 13.2 Å². The van der Waals surface area contributed by atoms with Crippen LogP contribution in [0.15, 0.2) is 30.5 Å². The van der Waals surface area contributed by atoms with Crippen molar-refractivity contribution in [2.45, 2.75) is 32.8 Å². The molecule has 0 bridgehead atoms. The van der Waals surface area contributed by atoms with Crippen LogP contribution in [-0.2, 0) is 6.42 Å². The SMILES string of the molecule is CCCc1ncc(C(=O)NCC(O)COc2cccc(C)c2)s1. The lowest BCUT2D eigenvalue weighted by Crippen LogP contribution is -2.35. The highest BCUT2D eigenvalue weighted by atomic mass is 32.1. The monoisotopic (exact) mass is 334 g/mol. The van der Waals surface area contributed by atoms with Crippen LogP contribution in [-0.4, -0.2) is 35.3 Å². The third-order valence-electron chi connectivity index (χ3n) is 3.17. The van der Waals surface area contributed by atoms with E-state index in [0.29, 0.717) is 10.6 Å². The van der Waals surface area contributed by atoms with Crippen LogP contribution in [0.3, 0.4) is 0 Å². The molecule has 1 amide bonds. The zero-order chi connectivity index (χ0) is 16.7. The van der Waals surface area contributed by atoms with Crippen LogP contribution in [0.4, 0.5) is 0 Å². The summed E-state index contributed by atoms with van der Waals surface area (Å²) in [6.45, 7) is 4.33. The van der Waals surface area contributed by atoms with E-state index in [1.807, 2.05) is 31.2 Å². The quantitative estimate of drug-likeness (QED) is 0.778. The average Bonchev–Trinajstić information content (AvgIpc) is 3.00. The Labute approximate surface area is 140 Å². The fourth-order valence-corrected chi connectivity index (χ4v) is 2.93. The number of benzene rings is 1. The van der Waals surface area contributed by atoms with Gasteiger partial charge in [0.15, 0.2) is 0 Å². The smallest absolute Gasteiger partial charge is 0.263 e. The highest BCUT2D eigenvalue weighted by molar-refractivity contribution is 7.13. The van der Waals surface area contributed by atoms with Gasteiger partial charge in [0.25, 0.3) is 5.91 Å². The average molecular weight is 334 g/mol. The Kier molecular flexibility index (Phi) is 6.55. The molecule has 0 fully saturated rings. The number of aryl methyl sites for hydroxylation is 2. The molecule has 5 nitrogen and oxygen atoms in total. The van der Waals surface area contributed by atoms with E-state index in [1.54, 1.807) is 6.20 Å². The lowest BCUT2D eigenvalue weighted by molar-refractivity contribution is 0.0846. The van der Waals surface area contributed by atoms with Gasteiger partial charge in [-0.1, -0.05) is 19.1 Å². The summed E-state index contributed by atoms with van der Waals surface area (Å²) in [5, 5.41) is 13.6. The van der Waals surface area contributed by atoms with E-state index >= 15 is 0 Å². The number of aliphatic hydroxyl groups is 1. The lowest BCUT2D eigenvalue weighted by Gasteiger charge is -2.13. The maximum Gasteiger partial charge on any atom is 0.263 e. The second kappa shape index (κ2) is 8.64. The first-order chi connectivity index (χ1) is 11.1. The van der Waals surface area contributed by atoms with Crippen molar-refractivity contribution in [3.8, 4) is 5.75 Å².